The molecule has 0 aliphatic carbocycles. The van der Waals surface area contributed by atoms with Crippen LogP contribution in [0.15, 0.2) is 0 Å². The largest absolute Gasteiger partial charge is 0.381 e. The summed E-state index contributed by atoms with van der Waals surface area (Å²) >= 11 is 0. The zero-order valence-electron chi connectivity index (χ0n) is 13.3. The van der Waals surface area contributed by atoms with E-state index in [-0.39, 0.29) is 12.1 Å². The molecule has 0 saturated carbocycles. The van der Waals surface area contributed by atoms with Crippen LogP contribution in [0, 0.1) is 11.8 Å². The van der Waals surface area contributed by atoms with E-state index >= 15 is 0 Å². The van der Waals surface area contributed by atoms with E-state index in [2.05, 4.69) is 38.3 Å². The van der Waals surface area contributed by atoms with Gasteiger partial charge in [0, 0.05) is 25.8 Å². The zero-order valence-corrected chi connectivity index (χ0v) is 13.3. The smallest absolute Gasteiger partial charge is 0.314 e. The predicted octanol–water partition coefficient (Wildman–Crippen LogP) is 3.17. The minimum atomic E-state index is -0.0693. The molecule has 0 saturated heterocycles. The number of hydrogen-bond acceptors (Lipinski definition) is 2. The molecule has 0 aromatic rings. The molecular formula is C15H32N2O2. The third-order valence-electron chi connectivity index (χ3n) is 2.76. The Bertz CT molecular complexity index is 230. The highest BCUT2D eigenvalue weighted by Gasteiger charge is 2.07. The summed E-state index contributed by atoms with van der Waals surface area (Å²) in [5, 5.41) is 5.81. The molecule has 114 valence electrons. The Hall–Kier alpha value is -0.770. The van der Waals surface area contributed by atoms with Crippen LogP contribution < -0.4 is 10.6 Å². The highest BCUT2D eigenvalue weighted by molar-refractivity contribution is 5.74. The van der Waals surface area contributed by atoms with Crippen LogP contribution in [0.2, 0.25) is 0 Å². The monoisotopic (exact) mass is 272 g/mol. The summed E-state index contributed by atoms with van der Waals surface area (Å²) in [4.78, 5) is 11.6. The van der Waals surface area contributed by atoms with Crippen molar-refractivity contribution in [2.45, 2.75) is 59.9 Å². The van der Waals surface area contributed by atoms with Gasteiger partial charge in [-0.1, -0.05) is 27.7 Å². The first-order valence-electron chi connectivity index (χ1n) is 7.54. The van der Waals surface area contributed by atoms with Crippen molar-refractivity contribution >= 4 is 6.03 Å². The van der Waals surface area contributed by atoms with Gasteiger partial charge in [0.1, 0.15) is 0 Å². The van der Waals surface area contributed by atoms with Gasteiger partial charge in [-0.2, -0.15) is 0 Å². The van der Waals surface area contributed by atoms with Crippen LogP contribution in [-0.2, 0) is 4.74 Å². The number of hydrogen-bond donors (Lipinski definition) is 2. The summed E-state index contributed by atoms with van der Waals surface area (Å²) in [6, 6.07) is 0.166. The van der Waals surface area contributed by atoms with Gasteiger partial charge in [0.25, 0.3) is 0 Å². The molecule has 0 aliphatic rings. The number of ether oxygens (including phenoxy) is 1. The molecule has 0 heterocycles. The Morgan fingerprint density at radius 3 is 2.32 bits per heavy atom. The van der Waals surface area contributed by atoms with Gasteiger partial charge in [0.15, 0.2) is 0 Å². The van der Waals surface area contributed by atoms with Crippen molar-refractivity contribution in [3.63, 3.8) is 0 Å². The van der Waals surface area contributed by atoms with E-state index in [0.717, 1.165) is 25.9 Å². The lowest BCUT2D eigenvalue weighted by Gasteiger charge is -2.15. The molecule has 4 heteroatoms. The number of carbonyl (C=O) groups is 1. The van der Waals surface area contributed by atoms with Gasteiger partial charge in [0.05, 0.1) is 0 Å². The van der Waals surface area contributed by atoms with Crippen LogP contribution in [0.25, 0.3) is 0 Å². The van der Waals surface area contributed by atoms with Gasteiger partial charge in [-0.15, -0.1) is 0 Å². The fraction of sp³-hybridized carbons (Fsp3) is 0.933. The Kier molecular flexibility index (Phi) is 10.6. The maximum atomic E-state index is 11.6. The van der Waals surface area contributed by atoms with Crippen LogP contribution in [0.3, 0.4) is 0 Å². The van der Waals surface area contributed by atoms with Gasteiger partial charge >= 0.3 is 6.03 Å². The van der Waals surface area contributed by atoms with Crippen molar-refractivity contribution in [1.29, 1.82) is 0 Å². The predicted molar refractivity (Wildman–Crippen MR) is 80.3 cm³/mol. The second kappa shape index (κ2) is 11.1. The van der Waals surface area contributed by atoms with Gasteiger partial charge in [0.2, 0.25) is 0 Å². The van der Waals surface area contributed by atoms with E-state index in [4.69, 9.17) is 4.74 Å². The van der Waals surface area contributed by atoms with Gasteiger partial charge < -0.3 is 15.4 Å². The first kappa shape index (κ1) is 18.2. The molecule has 0 aromatic heterocycles. The Morgan fingerprint density at radius 1 is 1.05 bits per heavy atom. The van der Waals surface area contributed by atoms with E-state index < -0.39 is 0 Å². The third kappa shape index (κ3) is 13.5. The normalized spacial score (nSPS) is 12.8. The number of amides is 2. The van der Waals surface area contributed by atoms with Crippen LogP contribution in [0.1, 0.15) is 53.9 Å². The van der Waals surface area contributed by atoms with Crippen molar-refractivity contribution in [2.75, 3.05) is 19.8 Å². The lowest BCUT2D eigenvalue weighted by atomic mass is 10.0. The molecule has 0 radical (unpaired) electrons. The van der Waals surface area contributed by atoms with Crippen molar-refractivity contribution < 1.29 is 9.53 Å². The van der Waals surface area contributed by atoms with Crippen LogP contribution in [-0.4, -0.2) is 31.8 Å². The Labute approximate surface area is 118 Å². The molecule has 1 atom stereocenters. The summed E-state index contributed by atoms with van der Waals surface area (Å²) < 4.78 is 5.45. The summed E-state index contributed by atoms with van der Waals surface area (Å²) in [7, 11) is 0. The van der Waals surface area contributed by atoms with Gasteiger partial charge in [-0.25, -0.2) is 4.79 Å². The van der Waals surface area contributed by atoms with E-state index in [9.17, 15) is 4.79 Å². The van der Waals surface area contributed by atoms with Crippen molar-refractivity contribution in [1.82, 2.24) is 10.6 Å². The lowest BCUT2D eigenvalue weighted by Crippen LogP contribution is -2.41. The van der Waals surface area contributed by atoms with Gasteiger partial charge in [-0.3, -0.25) is 0 Å². The summed E-state index contributed by atoms with van der Waals surface area (Å²) in [6.45, 7) is 12.9. The quantitative estimate of drug-likeness (QED) is 0.600. The zero-order chi connectivity index (χ0) is 14.7. The second-order valence-electron chi connectivity index (χ2n) is 6.09. The van der Waals surface area contributed by atoms with Crippen LogP contribution >= 0.6 is 0 Å². The molecule has 0 aliphatic heterocycles. The van der Waals surface area contributed by atoms with E-state index in [1.165, 1.54) is 0 Å². The Balaban J connectivity index is 3.43. The maximum absolute atomic E-state index is 11.6. The molecule has 0 spiro atoms. The minimum Gasteiger partial charge on any atom is -0.381 e. The van der Waals surface area contributed by atoms with Crippen LogP contribution in [0.4, 0.5) is 4.79 Å². The van der Waals surface area contributed by atoms with Crippen molar-refractivity contribution in [3.05, 3.63) is 0 Å². The number of rotatable bonds is 10. The van der Waals surface area contributed by atoms with E-state index in [1.807, 2.05) is 6.92 Å². The molecule has 2 N–H and O–H groups in total. The van der Waals surface area contributed by atoms with Crippen molar-refractivity contribution in [3.8, 4) is 0 Å². The fourth-order valence-corrected chi connectivity index (χ4v) is 1.63. The molecule has 2 amide bonds. The fourth-order valence-electron chi connectivity index (χ4n) is 1.63. The van der Waals surface area contributed by atoms with E-state index in [0.29, 0.717) is 25.0 Å². The summed E-state index contributed by atoms with van der Waals surface area (Å²) in [5.74, 6) is 1.25. The first-order chi connectivity index (χ1) is 8.91. The average Bonchev–Trinajstić information content (AvgIpc) is 2.30. The summed E-state index contributed by atoms with van der Waals surface area (Å²) in [6.07, 6.45) is 3.04. The molecule has 0 bridgehead atoms. The van der Waals surface area contributed by atoms with Crippen molar-refractivity contribution in [2.24, 2.45) is 11.8 Å². The molecular weight excluding hydrogens is 240 g/mol. The molecule has 0 fully saturated rings. The number of carbonyl (C=O) groups excluding carboxylic acids is 1. The Morgan fingerprint density at radius 2 is 1.74 bits per heavy atom. The highest BCUT2D eigenvalue weighted by Crippen LogP contribution is 2.06. The lowest BCUT2D eigenvalue weighted by molar-refractivity contribution is 0.108. The highest BCUT2D eigenvalue weighted by atomic mass is 16.5. The topological polar surface area (TPSA) is 50.4 Å². The van der Waals surface area contributed by atoms with Crippen LogP contribution in [0.5, 0.6) is 0 Å². The molecule has 0 rings (SSSR count). The molecule has 4 nitrogen and oxygen atoms in total. The number of nitrogens with one attached hydrogen (secondary N) is 2. The van der Waals surface area contributed by atoms with Gasteiger partial charge in [-0.05, 0) is 38.0 Å². The third-order valence-corrected chi connectivity index (χ3v) is 2.76. The standard InChI is InChI=1S/C15H32N2O2/c1-12(2)7-8-14(5)17-15(18)16-9-6-10-19-11-13(3)4/h12-14H,6-11H2,1-5H3,(H2,16,17,18). The SMILES string of the molecule is CC(C)CCC(C)NC(=O)NCCCOCC(C)C. The first-order valence-corrected chi connectivity index (χ1v) is 7.54. The van der Waals surface area contributed by atoms with E-state index in [1.54, 1.807) is 0 Å². The molecule has 19 heavy (non-hydrogen) atoms. The number of urea groups is 1. The second-order valence-corrected chi connectivity index (χ2v) is 6.09. The summed E-state index contributed by atoms with van der Waals surface area (Å²) in [5.41, 5.74) is 0. The average molecular weight is 272 g/mol. The molecule has 0 aromatic carbocycles. The molecule has 1 unspecified atom stereocenters. The maximum Gasteiger partial charge on any atom is 0.314 e. The minimum absolute atomic E-state index is 0.0693.